The number of aromatic amines is 1. The Balaban J connectivity index is 2.55. The van der Waals surface area contributed by atoms with Gasteiger partial charge in [-0.1, -0.05) is 0 Å². The quantitative estimate of drug-likeness (QED) is 0.594. The molecule has 0 radical (unpaired) electrons. The third kappa shape index (κ3) is 2.45. The molecule has 0 aromatic carbocycles. The Morgan fingerprint density at radius 2 is 2.57 bits per heavy atom. The van der Waals surface area contributed by atoms with Gasteiger partial charge in [0.15, 0.2) is 0 Å². The molecule has 1 amide bonds. The molecule has 1 heterocycles. The van der Waals surface area contributed by atoms with Gasteiger partial charge in [-0.2, -0.15) is 10.2 Å². The Hall–Kier alpha value is -2.10. The van der Waals surface area contributed by atoms with E-state index in [0.29, 0.717) is 0 Å². The van der Waals surface area contributed by atoms with E-state index < -0.39 is 5.91 Å². The molecule has 1 rings (SSSR count). The Labute approximate surface area is 80.3 Å². The van der Waals surface area contributed by atoms with Crippen LogP contribution in [-0.2, 0) is 0 Å². The highest BCUT2D eigenvalue weighted by Crippen LogP contribution is 1.95. The van der Waals surface area contributed by atoms with Crippen molar-refractivity contribution in [3.63, 3.8) is 0 Å². The third-order valence-electron chi connectivity index (χ3n) is 1.49. The molecule has 14 heavy (non-hydrogen) atoms. The Morgan fingerprint density at radius 1 is 1.86 bits per heavy atom. The van der Waals surface area contributed by atoms with Crippen molar-refractivity contribution >= 4 is 11.9 Å². The molecule has 0 saturated heterocycles. The van der Waals surface area contributed by atoms with E-state index in [4.69, 9.17) is 11.0 Å². The van der Waals surface area contributed by atoms with Gasteiger partial charge in [-0.3, -0.25) is 9.89 Å². The second kappa shape index (κ2) is 4.23. The highest BCUT2D eigenvalue weighted by Gasteiger charge is 2.12. The van der Waals surface area contributed by atoms with E-state index in [1.807, 2.05) is 6.07 Å². The minimum absolute atomic E-state index is 0.0167. The van der Waals surface area contributed by atoms with Crippen LogP contribution in [0.3, 0.4) is 0 Å². The first-order chi connectivity index (χ1) is 6.63. The largest absolute Gasteiger partial charge is 0.366 e. The molecule has 1 aromatic rings. The van der Waals surface area contributed by atoms with Crippen LogP contribution in [0, 0.1) is 11.3 Å². The van der Waals surface area contributed by atoms with E-state index in [0.717, 1.165) is 0 Å². The number of nitrogens with two attached hydrogens (primary N) is 1. The van der Waals surface area contributed by atoms with Crippen molar-refractivity contribution < 1.29 is 4.79 Å². The summed E-state index contributed by atoms with van der Waals surface area (Å²) >= 11 is 0. The summed E-state index contributed by atoms with van der Waals surface area (Å²) in [5.74, 6) is -0.354. The predicted molar refractivity (Wildman–Crippen MR) is 48.0 cm³/mol. The van der Waals surface area contributed by atoms with Gasteiger partial charge in [-0.25, -0.2) is 0 Å². The lowest BCUT2D eigenvalue weighted by atomic mass is 10.2. The number of rotatable bonds is 3. The first-order valence-electron chi connectivity index (χ1n) is 3.99. The molecule has 0 aliphatic rings. The van der Waals surface area contributed by atoms with Gasteiger partial charge in [0.2, 0.25) is 11.8 Å². The molecule has 7 heteroatoms. The molecule has 4 N–H and O–H groups in total. The first kappa shape index (κ1) is 9.98. The van der Waals surface area contributed by atoms with Gasteiger partial charge in [0.25, 0.3) is 5.91 Å². The average Bonchev–Trinajstić information content (AvgIpc) is 2.52. The number of hydrogen-bond donors (Lipinski definition) is 3. The number of nitriles is 1. The summed E-state index contributed by atoms with van der Waals surface area (Å²) in [6.07, 6.45) is 0.245. The van der Waals surface area contributed by atoms with E-state index >= 15 is 0 Å². The molecule has 74 valence electrons. The smallest absolute Gasteiger partial charge is 0.288 e. The zero-order chi connectivity index (χ0) is 10.6. The molecule has 0 saturated carbocycles. The number of amides is 1. The van der Waals surface area contributed by atoms with Crippen LogP contribution < -0.4 is 11.1 Å². The van der Waals surface area contributed by atoms with Crippen molar-refractivity contribution in [2.75, 3.05) is 5.73 Å². The van der Waals surface area contributed by atoms with Crippen LogP contribution in [0.25, 0.3) is 0 Å². The molecular formula is C7H10N6O. The van der Waals surface area contributed by atoms with Gasteiger partial charge in [0.1, 0.15) is 0 Å². The number of nitrogen functional groups attached to an aromatic ring is 1. The topological polar surface area (TPSA) is 120 Å². The molecule has 0 bridgehead atoms. The van der Waals surface area contributed by atoms with Crippen molar-refractivity contribution in [3.05, 3.63) is 5.82 Å². The Kier molecular flexibility index (Phi) is 3.01. The second-order valence-electron chi connectivity index (χ2n) is 2.78. The molecule has 1 atom stereocenters. The van der Waals surface area contributed by atoms with Crippen molar-refractivity contribution in [2.45, 2.75) is 19.4 Å². The lowest BCUT2D eigenvalue weighted by Crippen LogP contribution is -2.32. The van der Waals surface area contributed by atoms with Gasteiger partial charge >= 0.3 is 0 Å². The van der Waals surface area contributed by atoms with Crippen molar-refractivity contribution in [1.29, 1.82) is 5.26 Å². The Morgan fingerprint density at radius 3 is 3.07 bits per heavy atom. The summed E-state index contributed by atoms with van der Waals surface area (Å²) in [7, 11) is 0. The van der Waals surface area contributed by atoms with Gasteiger partial charge in [0, 0.05) is 6.04 Å². The fourth-order valence-corrected chi connectivity index (χ4v) is 0.856. The molecule has 0 aliphatic heterocycles. The number of carbonyl (C=O) groups is 1. The third-order valence-corrected chi connectivity index (χ3v) is 1.49. The van der Waals surface area contributed by atoms with Crippen LogP contribution in [-0.4, -0.2) is 27.1 Å². The second-order valence-corrected chi connectivity index (χ2v) is 2.78. The maximum atomic E-state index is 11.3. The summed E-state index contributed by atoms with van der Waals surface area (Å²) in [4.78, 5) is 15.0. The van der Waals surface area contributed by atoms with E-state index in [1.165, 1.54) is 0 Å². The van der Waals surface area contributed by atoms with E-state index in [2.05, 4.69) is 20.5 Å². The lowest BCUT2D eigenvalue weighted by molar-refractivity contribution is 0.0931. The van der Waals surface area contributed by atoms with Crippen molar-refractivity contribution in [3.8, 4) is 6.07 Å². The number of nitrogens with one attached hydrogen (secondary N) is 2. The van der Waals surface area contributed by atoms with Crippen LogP contribution in [0.15, 0.2) is 0 Å². The number of anilines is 1. The van der Waals surface area contributed by atoms with E-state index in [1.54, 1.807) is 6.92 Å². The molecule has 7 nitrogen and oxygen atoms in total. The highest BCUT2D eigenvalue weighted by atomic mass is 16.2. The zero-order valence-corrected chi connectivity index (χ0v) is 7.61. The van der Waals surface area contributed by atoms with Crippen LogP contribution in [0.4, 0.5) is 5.95 Å². The fourth-order valence-electron chi connectivity index (χ4n) is 0.856. The first-order valence-corrected chi connectivity index (χ1v) is 3.99. The van der Waals surface area contributed by atoms with E-state index in [-0.39, 0.29) is 24.2 Å². The number of hydrogen-bond acceptors (Lipinski definition) is 5. The normalized spacial score (nSPS) is 11.7. The van der Waals surface area contributed by atoms with Crippen LogP contribution >= 0.6 is 0 Å². The van der Waals surface area contributed by atoms with Gasteiger partial charge in [-0.05, 0) is 6.92 Å². The number of nitrogens with zero attached hydrogens (tertiary/aromatic N) is 3. The van der Waals surface area contributed by atoms with Crippen LogP contribution in [0.2, 0.25) is 0 Å². The fraction of sp³-hybridized carbons (Fsp3) is 0.429. The minimum Gasteiger partial charge on any atom is -0.366 e. The molecule has 1 unspecified atom stereocenters. The van der Waals surface area contributed by atoms with Crippen LogP contribution in [0.1, 0.15) is 24.0 Å². The SMILES string of the molecule is CC(CC#N)NC(=O)c1nc(N)n[nH]1. The molecular weight excluding hydrogens is 184 g/mol. The van der Waals surface area contributed by atoms with Gasteiger partial charge in [-0.15, -0.1) is 5.10 Å². The summed E-state index contributed by atoms with van der Waals surface area (Å²) in [6, 6.07) is 1.72. The number of carbonyl (C=O) groups excluding carboxylic acids is 1. The predicted octanol–water partition coefficient (Wildman–Crippen LogP) is -0.581. The molecule has 0 aliphatic carbocycles. The summed E-state index contributed by atoms with van der Waals surface area (Å²) in [6.45, 7) is 1.72. The maximum absolute atomic E-state index is 11.3. The number of H-pyrrole nitrogens is 1. The van der Waals surface area contributed by atoms with Crippen LogP contribution in [0.5, 0.6) is 0 Å². The zero-order valence-electron chi connectivity index (χ0n) is 7.61. The summed E-state index contributed by atoms with van der Waals surface area (Å²) in [5, 5.41) is 16.8. The number of aromatic nitrogens is 3. The van der Waals surface area contributed by atoms with E-state index in [9.17, 15) is 4.79 Å². The van der Waals surface area contributed by atoms with Gasteiger partial charge in [0.05, 0.1) is 12.5 Å². The molecule has 1 aromatic heterocycles. The summed E-state index contributed by atoms with van der Waals surface area (Å²) in [5.41, 5.74) is 5.22. The standard InChI is InChI=1S/C7H10N6O/c1-4(2-3-8)10-6(14)5-11-7(9)13-12-5/h4H,2H2,1H3,(H,10,14)(H3,9,11,12,13). The lowest BCUT2D eigenvalue weighted by Gasteiger charge is -2.07. The minimum atomic E-state index is -0.419. The van der Waals surface area contributed by atoms with Crippen molar-refractivity contribution in [1.82, 2.24) is 20.5 Å². The monoisotopic (exact) mass is 194 g/mol. The maximum Gasteiger partial charge on any atom is 0.288 e. The van der Waals surface area contributed by atoms with Gasteiger partial charge < -0.3 is 11.1 Å². The average molecular weight is 194 g/mol. The Bertz CT molecular complexity index is 365. The molecule has 0 spiro atoms. The molecule has 0 fully saturated rings. The summed E-state index contributed by atoms with van der Waals surface area (Å²) < 4.78 is 0. The highest BCUT2D eigenvalue weighted by molar-refractivity contribution is 5.90. The van der Waals surface area contributed by atoms with Crippen molar-refractivity contribution in [2.24, 2.45) is 0 Å².